The highest BCUT2D eigenvalue weighted by Gasteiger charge is 2.07. The van der Waals surface area contributed by atoms with Gasteiger partial charge in [0.15, 0.2) is 0 Å². The number of hydrogen-bond donors (Lipinski definition) is 1. The maximum Gasteiger partial charge on any atom is 0.263 e. The van der Waals surface area contributed by atoms with Crippen molar-refractivity contribution in [2.45, 2.75) is 32.4 Å². The molecule has 1 N–H and O–H groups in total. The van der Waals surface area contributed by atoms with Gasteiger partial charge in [-0.15, -0.1) is 12.3 Å². The average Bonchev–Trinajstić information content (AvgIpc) is 2.27. The molecule has 1 unspecified atom stereocenters. The monoisotopic (exact) mass is 223 g/mol. The van der Waals surface area contributed by atoms with E-state index in [1.165, 1.54) is 12.1 Å². The Morgan fingerprint density at radius 3 is 2.81 bits per heavy atom. The Balaban J connectivity index is 2.54. The Morgan fingerprint density at radius 1 is 1.44 bits per heavy atom. The maximum atomic E-state index is 12.4. The van der Waals surface area contributed by atoms with E-state index in [9.17, 15) is 8.78 Å². The van der Waals surface area contributed by atoms with Crippen LogP contribution >= 0.6 is 0 Å². The van der Waals surface area contributed by atoms with E-state index < -0.39 is 6.43 Å². The molecule has 0 bridgehead atoms. The first-order valence-electron chi connectivity index (χ1n) is 5.17. The molecule has 0 heterocycles. The van der Waals surface area contributed by atoms with Crippen LogP contribution in [0.2, 0.25) is 0 Å². The van der Waals surface area contributed by atoms with E-state index in [0.717, 1.165) is 5.56 Å². The molecule has 0 aliphatic rings. The zero-order chi connectivity index (χ0) is 12.0. The minimum absolute atomic E-state index is 0.0592. The van der Waals surface area contributed by atoms with Gasteiger partial charge in [-0.25, -0.2) is 8.78 Å². The summed E-state index contributed by atoms with van der Waals surface area (Å²) in [5.41, 5.74) is 0.908. The quantitative estimate of drug-likeness (QED) is 0.756. The number of halogens is 2. The van der Waals surface area contributed by atoms with Crippen LogP contribution in [-0.4, -0.2) is 6.04 Å². The lowest BCUT2D eigenvalue weighted by atomic mass is 10.1. The van der Waals surface area contributed by atoms with Crippen LogP contribution in [0.15, 0.2) is 24.3 Å². The maximum absolute atomic E-state index is 12.4. The Hall–Kier alpha value is -1.40. The Kier molecular flexibility index (Phi) is 4.94. The fourth-order valence-corrected chi connectivity index (χ4v) is 1.38. The molecule has 0 fully saturated rings. The summed E-state index contributed by atoms with van der Waals surface area (Å²) in [6, 6.07) is 6.60. The second kappa shape index (κ2) is 6.24. The molecule has 0 amide bonds. The predicted octanol–water partition coefficient (Wildman–Crippen LogP) is 3.13. The lowest BCUT2D eigenvalue weighted by Gasteiger charge is -2.11. The van der Waals surface area contributed by atoms with Gasteiger partial charge >= 0.3 is 0 Å². The molecule has 0 aliphatic carbocycles. The minimum Gasteiger partial charge on any atom is -0.309 e. The molecule has 1 nitrogen and oxygen atoms in total. The number of benzene rings is 1. The summed E-state index contributed by atoms with van der Waals surface area (Å²) in [5, 5.41) is 3.18. The fourth-order valence-electron chi connectivity index (χ4n) is 1.38. The lowest BCUT2D eigenvalue weighted by Crippen LogP contribution is -2.24. The summed E-state index contributed by atoms with van der Waals surface area (Å²) in [4.78, 5) is 0. The molecule has 16 heavy (non-hydrogen) atoms. The van der Waals surface area contributed by atoms with Crippen molar-refractivity contribution in [3.63, 3.8) is 0 Å². The summed E-state index contributed by atoms with van der Waals surface area (Å²) in [5.74, 6) is 2.55. The van der Waals surface area contributed by atoms with Crippen molar-refractivity contribution < 1.29 is 8.78 Å². The highest BCUT2D eigenvalue weighted by molar-refractivity contribution is 5.24. The zero-order valence-electron chi connectivity index (χ0n) is 9.21. The largest absolute Gasteiger partial charge is 0.309 e. The van der Waals surface area contributed by atoms with Gasteiger partial charge in [0, 0.05) is 24.6 Å². The van der Waals surface area contributed by atoms with E-state index in [4.69, 9.17) is 6.42 Å². The number of alkyl halides is 2. The molecule has 1 atom stereocenters. The lowest BCUT2D eigenvalue weighted by molar-refractivity contribution is 0.151. The summed E-state index contributed by atoms with van der Waals surface area (Å²) < 4.78 is 24.8. The third-order valence-corrected chi connectivity index (χ3v) is 2.28. The Bertz CT molecular complexity index is 368. The first kappa shape index (κ1) is 12.7. The third-order valence-electron chi connectivity index (χ3n) is 2.28. The van der Waals surface area contributed by atoms with E-state index in [2.05, 4.69) is 11.2 Å². The van der Waals surface area contributed by atoms with Gasteiger partial charge in [-0.3, -0.25) is 0 Å². The van der Waals surface area contributed by atoms with E-state index in [1.807, 2.05) is 13.0 Å². The van der Waals surface area contributed by atoms with Gasteiger partial charge in [0.25, 0.3) is 6.43 Å². The van der Waals surface area contributed by atoms with Crippen LogP contribution in [0.4, 0.5) is 8.78 Å². The van der Waals surface area contributed by atoms with Crippen molar-refractivity contribution in [1.29, 1.82) is 0 Å². The van der Waals surface area contributed by atoms with Crippen molar-refractivity contribution >= 4 is 0 Å². The molecule has 0 radical (unpaired) electrons. The molecule has 0 aliphatic heterocycles. The molecule has 0 spiro atoms. The van der Waals surface area contributed by atoms with E-state index in [-0.39, 0.29) is 11.6 Å². The standard InChI is InChI=1S/C13H15F2N/c1-3-5-10(2)16-9-11-6-4-7-12(8-11)13(14)15/h1,4,6-8,10,13,16H,5,9H2,2H3. The van der Waals surface area contributed by atoms with Crippen LogP contribution in [-0.2, 0) is 6.54 Å². The van der Waals surface area contributed by atoms with Crippen LogP contribution in [0.1, 0.15) is 30.9 Å². The molecule has 1 rings (SSSR count). The molecular weight excluding hydrogens is 208 g/mol. The van der Waals surface area contributed by atoms with Crippen molar-refractivity contribution in [3.8, 4) is 12.3 Å². The fraction of sp³-hybridized carbons (Fsp3) is 0.385. The van der Waals surface area contributed by atoms with Crippen LogP contribution in [0.25, 0.3) is 0 Å². The highest BCUT2D eigenvalue weighted by atomic mass is 19.3. The van der Waals surface area contributed by atoms with Crippen LogP contribution in [0, 0.1) is 12.3 Å². The second-order valence-electron chi connectivity index (χ2n) is 3.74. The Morgan fingerprint density at radius 2 is 2.19 bits per heavy atom. The van der Waals surface area contributed by atoms with E-state index in [0.29, 0.717) is 13.0 Å². The molecular formula is C13H15F2N. The van der Waals surface area contributed by atoms with Crippen LogP contribution < -0.4 is 5.32 Å². The molecule has 0 aromatic heterocycles. The summed E-state index contributed by atoms with van der Waals surface area (Å²) in [6.45, 7) is 2.53. The highest BCUT2D eigenvalue weighted by Crippen LogP contribution is 2.19. The molecule has 0 saturated carbocycles. The van der Waals surface area contributed by atoms with Gasteiger partial charge in [0.05, 0.1) is 0 Å². The summed E-state index contributed by atoms with van der Waals surface area (Å²) in [6.07, 6.45) is 3.39. The van der Waals surface area contributed by atoms with Crippen molar-refractivity contribution in [3.05, 3.63) is 35.4 Å². The molecule has 3 heteroatoms. The molecule has 86 valence electrons. The zero-order valence-corrected chi connectivity index (χ0v) is 9.21. The number of rotatable bonds is 5. The van der Waals surface area contributed by atoms with E-state index >= 15 is 0 Å². The SMILES string of the molecule is C#CCC(C)NCc1cccc(C(F)F)c1. The van der Waals surface area contributed by atoms with Crippen molar-refractivity contribution in [1.82, 2.24) is 5.32 Å². The minimum atomic E-state index is -2.41. The first-order valence-corrected chi connectivity index (χ1v) is 5.17. The molecule has 1 aromatic carbocycles. The number of nitrogens with one attached hydrogen (secondary N) is 1. The van der Waals surface area contributed by atoms with Gasteiger partial charge < -0.3 is 5.32 Å². The van der Waals surface area contributed by atoms with Gasteiger partial charge in [0.2, 0.25) is 0 Å². The van der Waals surface area contributed by atoms with E-state index in [1.54, 1.807) is 6.07 Å². The average molecular weight is 223 g/mol. The number of terminal acetylenes is 1. The van der Waals surface area contributed by atoms with Crippen LogP contribution in [0.3, 0.4) is 0 Å². The predicted molar refractivity (Wildman–Crippen MR) is 61.2 cm³/mol. The van der Waals surface area contributed by atoms with Gasteiger partial charge in [0.1, 0.15) is 0 Å². The van der Waals surface area contributed by atoms with Crippen molar-refractivity contribution in [2.24, 2.45) is 0 Å². The summed E-state index contributed by atoms with van der Waals surface area (Å²) >= 11 is 0. The molecule has 0 saturated heterocycles. The topological polar surface area (TPSA) is 12.0 Å². The molecule has 1 aromatic rings. The van der Waals surface area contributed by atoms with Gasteiger partial charge in [-0.05, 0) is 18.6 Å². The second-order valence-corrected chi connectivity index (χ2v) is 3.74. The first-order chi connectivity index (χ1) is 7.63. The van der Waals surface area contributed by atoms with Crippen LogP contribution in [0.5, 0.6) is 0 Å². The normalized spacial score (nSPS) is 12.4. The van der Waals surface area contributed by atoms with Crippen molar-refractivity contribution in [2.75, 3.05) is 0 Å². The summed E-state index contributed by atoms with van der Waals surface area (Å²) in [7, 11) is 0. The van der Waals surface area contributed by atoms with Gasteiger partial charge in [-0.2, -0.15) is 0 Å². The third kappa shape index (κ3) is 4.00. The Labute approximate surface area is 94.9 Å². The smallest absolute Gasteiger partial charge is 0.263 e. The van der Waals surface area contributed by atoms with Gasteiger partial charge in [-0.1, -0.05) is 18.2 Å². The number of hydrogen-bond acceptors (Lipinski definition) is 1.